The van der Waals surface area contributed by atoms with Gasteiger partial charge in [-0.15, -0.1) is 0 Å². The van der Waals surface area contributed by atoms with E-state index in [2.05, 4.69) is 4.13 Å². The third-order valence-corrected chi connectivity index (χ3v) is 2.66. The summed E-state index contributed by atoms with van der Waals surface area (Å²) < 4.78 is 23.4. The Morgan fingerprint density at radius 2 is 1.70 bits per heavy atom. The molecule has 0 heterocycles. The van der Waals surface area contributed by atoms with Gasteiger partial charge >= 0.3 is 0 Å². The Morgan fingerprint density at radius 3 is 1.80 bits per heavy atom. The van der Waals surface area contributed by atoms with Crippen LogP contribution in [0.4, 0.5) is 0 Å². The van der Waals surface area contributed by atoms with Gasteiger partial charge < -0.3 is 0 Å². The number of rotatable bonds is 2. The summed E-state index contributed by atoms with van der Waals surface area (Å²) in [6.07, 6.45) is 1.14. The Hall–Kier alpha value is 0.260. The zero-order valence-electron chi connectivity index (χ0n) is 6.63. The normalized spacial score (nSPS) is 13.6. The molecular formula is C5H13NO2S2. The Bertz CT molecular complexity index is 190. The highest BCUT2D eigenvalue weighted by molar-refractivity contribution is 8.09. The highest BCUT2D eigenvalue weighted by Gasteiger charge is 2.13. The average Bonchev–Trinajstić information content (AvgIpc) is 1.57. The second kappa shape index (κ2) is 3.11. The summed E-state index contributed by atoms with van der Waals surface area (Å²) in [6, 6.07) is 0. The minimum atomic E-state index is -3.04. The van der Waals surface area contributed by atoms with Gasteiger partial charge in [0.15, 0.2) is 0 Å². The Labute approximate surface area is 66.8 Å². The van der Waals surface area contributed by atoms with E-state index in [0.29, 0.717) is 0 Å². The second-order valence-corrected chi connectivity index (χ2v) is 6.71. The molecule has 0 unspecified atom stereocenters. The zero-order valence-corrected chi connectivity index (χ0v) is 8.27. The molecule has 3 nitrogen and oxygen atoms in total. The van der Waals surface area contributed by atoms with Crippen molar-refractivity contribution in [3.05, 3.63) is 0 Å². The molecule has 0 spiro atoms. The van der Waals surface area contributed by atoms with Crippen LogP contribution in [0.3, 0.4) is 0 Å². The summed E-state index contributed by atoms with van der Waals surface area (Å²) in [6.45, 7) is 5.82. The zero-order chi connectivity index (χ0) is 8.41. The highest BCUT2D eigenvalue weighted by Crippen LogP contribution is 2.19. The molecule has 62 valence electrons. The van der Waals surface area contributed by atoms with Crippen LogP contribution in [0, 0.1) is 0 Å². The van der Waals surface area contributed by atoms with Crippen LogP contribution in [0.5, 0.6) is 0 Å². The maximum atomic E-state index is 10.5. The average molecular weight is 183 g/mol. The van der Waals surface area contributed by atoms with Gasteiger partial charge in [-0.1, -0.05) is 11.9 Å². The van der Waals surface area contributed by atoms with Crippen LogP contribution in [0.1, 0.15) is 20.8 Å². The minimum Gasteiger partial charge on any atom is -0.212 e. The largest absolute Gasteiger partial charge is 0.217 e. The third-order valence-electron chi connectivity index (χ3n) is 0.499. The van der Waals surface area contributed by atoms with Crippen LogP contribution in [-0.2, 0) is 10.0 Å². The van der Waals surface area contributed by atoms with Gasteiger partial charge in [0.1, 0.15) is 0 Å². The first-order chi connectivity index (χ1) is 4.21. The Balaban J connectivity index is 3.79. The molecule has 5 heteroatoms. The van der Waals surface area contributed by atoms with Crippen molar-refractivity contribution in [1.29, 1.82) is 0 Å². The van der Waals surface area contributed by atoms with Gasteiger partial charge in [-0.25, -0.2) is 8.42 Å². The van der Waals surface area contributed by atoms with Gasteiger partial charge in [0.05, 0.1) is 6.26 Å². The number of nitrogens with one attached hydrogen (secondary N) is 1. The van der Waals surface area contributed by atoms with Gasteiger partial charge in [0, 0.05) is 4.75 Å². The lowest BCUT2D eigenvalue weighted by Gasteiger charge is -2.16. The monoisotopic (exact) mass is 183 g/mol. The van der Waals surface area contributed by atoms with Crippen molar-refractivity contribution in [1.82, 2.24) is 4.13 Å². The standard InChI is InChI=1S/C5H13NO2S2/c1-5(2,3)9-6-10(4,7)8/h6H,1-4H3. The molecule has 0 aliphatic carbocycles. The Kier molecular flexibility index (Phi) is 3.19. The second-order valence-electron chi connectivity index (χ2n) is 3.07. The lowest BCUT2D eigenvalue weighted by atomic mass is 10.3. The Morgan fingerprint density at radius 1 is 1.30 bits per heavy atom. The van der Waals surface area contributed by atoms with E-state index in [0.717, 1.165) is 6.26 Å². The van der Waals surface area contributed by atoms with E-state index >= 15 is 0 Å². The van der Waals surface area contributed by atoms with E-state index in [-0.39, 0.29) is 4.75 Å². The van der Waals surface area contributed by atoms with Crippen molar-refractivity contribution in [2.75, 3.05) is 6.26 Å². The van der Waals surface area contributed by atoms with Gasteiger partial charge in [-0.05, 0) is 20.8 Å². The lowest BCUT2D eigenvalue weighted by molar-refractivity contribution is 0.600. The van der Waals surface area contributed by atoms with Gasteiger partial charge in [0.25, 0.3) is 0 Å². The molecule has 0 aromatic rings. The predicted molar refractivity (Wildman–Crippen MR) is 45.3 cm³/mol. The molecule has 10 heavy (non-hydrogen) atoms. The van der Waals surface area contributed by atoms with Crippen molar-refractivity contribution < 1.29 is 8.42 Å². The van der Waals surface area contributed by atoms with Crippen LogP contribution < -0.4 is 4.13 Å². The highest BCUT2D eigenvalue weighted by atomic mass is 32.3. The van der Waals surface area contributed by atoms with Crippen LogP contribution in [0.2, 0.25) is 0 Å². The van der Waals surface area contributed by atoms with E-state index in [9.17, 15) is 8.42 Å². The van der Waals surface area contributed by atoms with Crippen LogP contribution in [0.25, 0.3) is 0 Å². The summed E-state index contributed by atoms with van der Waals surface area (Å²) in [5.41, 5.74) is 0. The quantitative estimate of drug-likeness (QED) is 0.649. The summed E-state index contributed by atoms with van der Waals surface area (Å²) >= 11 is 1.20. The first-order valence-electron chi connectivity index (χ1n) is 2.85. The van der Waals surface area contributed by atoms with Gasteiger partial charge in [0.2, 0.25) is 10.0 Å². The van der Waals surface area contributed by atoms with Gasteiger partial charge in [-0.2, -0.15) is 4.13 Å². The van der Waals surface area contributed by atoms with Crippen molar-refractivity contribution in [3.63, 3.8) is 0 Å². The van der Waals surface area contributed by atoms with E-state index < -0.39 is 10.0 Å². The number of hydrogen-bond acceptors (Lipinski definition) is 3. The maximum absolute atomic E-state index is 10.5. The van der Waals surface area contributed by atoms with Crippen LogP contribution >= 0.6 is 11.9 Å². The molecule has 0 radical (unpaired) electrons. The minimum absolute atomic E-state index is 0.0664. The van der Waals surface area contributed by atoms with E-state index in [1.165, 1.54) is 11.9 Å². The molecule has 0 saturated carbocycles. The summed E-state index contributed by atoms with van der Waals surface area (Å²) in [7, 11) is -3.04. The summed E-state index contributed by atoms with van der Waals surface area (Å²) in [5.74, 6) is 0. The molecule has 0 amide bonds. The molecule has 0 fully saturated rings. The molecule has 0 saturated heterocycles. The van der Waals surface area contributed by atoms with Crippen molar-refractivity contribution in [2.24, 2.45) is 0 Å². The molecule has 1 N–H and O–H groups in total. The molecule has 0 aromatic heterocycles. The van der Waals surface area contributed by atoms with Gasteiger partial charge in [-0.3, -0.25) is 0 Å². The van der Waals surface area contributed by atoms with Crippen molar-refractivity contribution in [3.8, 4) is 0 Å². The molecular weight excluding hydrogens is 170 g/mol. The van der Waals surface area contributed by atoms with E-state index in [4.69, 9.17) is 0 Å². The van der Waals surface area contributed by atoms with E-state index in [1.807, 2.05) is 20.8 Å². The lowest BCUT2D eigenvalue weighted by Crippen LogP contribution is -2.21. The predicted octanol–water partition coefficient (Wildman–Crippen LogP) is 0.982. The number of hydrogen-bond donors (Lipinski definition) is 1. The van der Waals surface area contributed by atoms with Crippen LogP contribution in [0.15, 0.2) is 0 Å². The molecule has 0 atom stereocenters. The molecule has 0 aliphatic heterocycles. The fraction of sp³-hybridized carbons (Fsp3) is 1.00. The molecule has 0 rings (SSSR count). The molecule has 0 aromatic carbocycles. The summed E-state index contributed by atoms with van der Waals surface area (Å²) in [4.78, 5) is 0. The smallest absolute Gasteiger partial charge is 0.212 e. The van der Waals surface area contributed by atoms with Crippen LogP contribution in [-0.4, -0.2) is 19.4 Å². The summed E-state index contributed by atoms with van der Waals surface area (Å²) in [5, 5.41) is 0. The fourth-order valence-corrected chi connectivity index (χ4v) is 1.81. The first-order valence-corrected chi connectivity index (χ1v) is 5.56. The molecule has 0 bridgehead atoms. The van der Waals surface area contributed by atoms with Crippen molar-refractivity contribution >= 4 is 22.0 Å². The SMILES string of the molecule is CC(C)(C)SNS(C)(=O)=O. The fourth-order valence-electron chi connectivity index (χ4n) is 0.201. The topological polar surface area (TPSA) is 46.2 Å². The third kappa shape index (κ3) is 8.26. The van der Waals surface area contributed by atoms with E-state index in [1.54, 1.807) is 0 Å². The molecule has 0 aliphatic rings. The first kappa shape index (κ1) is 10.3. The number of sulfonamides is 1. The maximum Gasteiger partial charge on any atom is 0.217 e. The van der Waals surface area contributed by atoms with Crippen molar-refractivity contribution in [2.45, 2.75) is 25.5 Å².